The minimum Gasteiger partial charge on any atom is -0.356 e. The van der Waals surface area contributed by atoms with E-state index in [1.54, 1.807) is 0 Å². The number of aromatic nitrogens is 3. The lowest BCUT2D eigenvalue weighted by Crippen LogP contribution is -2.13. The predicted molar refractivity (Wildman–Crippen MR) is 81.8 cm³/mol. The fourth-order valence-electron chi connectivity index (χ4n) is 2.43. The minimum absolute atomic E-state index is 0.710. The largest absolute Gasteiger partial charge is 0.356 e. The van der Waals surface area contributed by atoms with Crippen molar-refractivity contribution in [2.75, 3.05) is 0 Å². The molecule has 0 aliphatic heterocycles. The monoisotopic (exact) mass is 288 g/mol. The van der Waals surface area contributed by atoms with Crippen LogP contribution in [0.15, 0.2) is 30.5 Å². The van der Waals surface area contributed by atoms with E-state index in [9.17, 15) is 0 Å². The van der Waals surface area contributed by atoms with Crippen molar-refractivity contribution in [3.05, 3.63) is 52.4 Å². The summed E-state index contributed by atoms with van der Waals surface area (Å²) in [6.45, 7) is 3.51. The van der Waals surface area contributed by atoms with Crippen molar-refractivity contribution in [1.82, 2.24) is 20.1 Å². The van der Waals surface area contributed by atoms with Crippen molar-refractivity contribution < 1.29 is 0 Å². The number of halogens is 1. The Hall–Kier alpha value is -1.78. The zero-order valence-electron chi connectivity index (χ0n) is 11.6. The molecule has 0 saturated carbocycles. The normalized spacial score (nSPS) is 11.3. The number of para-hydroxylation sites is 1. The zero-order chi connectivity index (χ0) is 14.1. The Labute approximate surface area is 122 Å². The fourth-order valence-corrected chi connectivity index (χ4v) is 2.71. The molecule has 0 amide bonds. The van der Waals surface area contributed by atoms with Crippen LogP contribution >= 0.6 is 11.6 Å². The van der Waals surface area contributed by atoms with Gasteiger partial charge in [-0.2, -0.15) is 5.10 Å². The lowest BCUT2D eigenvalue weighted by atomic mass is 10.2. The van der Waals surface area contributed by atoms with Crippen molar-refractivity contribution in [2.24, 2.45) is 7.05 Å². The van der Waals surface area contributed by atoms with Gasteiger partial charge in [0.2, 0.25) is 0 Å². The van der Waals surface area contributed by atoms with Crippen LogP contribution in [0.3, 0.4) is 0 Å². The zero-order valence-corrected chi connectivity index (χ0v) is 12.3. The van der Waals surface area contributed by atoms with Gasteiger partial charge in [0, 0.05) is 48.5 Å². The highest BCUT2D eigenvalue weighted by atomic mass is 35.5. The molecule has 4 nitrogen and oxygen atoms in total. The van der Waals surface area contributed by atoms with Crippen molar-refractivity contribution in [2.45, 2.75) is 20.0 Å². The highest BCUT2D eigenvalue weighted by molar-refractivity contribution is 6.36. The summed E-state index contributed by atoms with van der Waals surface area (Å²) in [7, 11) is 1.94. The summed E-state index contributed by atoms with van der Waals surface area (Å²) in [5.74, 6) is 0. The average molecular weight is 289 g/mol. The topological polar surface area (TPSA) is 45.6 Å². The molecule has 2 N–H and O–H groups in total. The third kappa shape index (κ3) is 2.44. The van der Waals surface area contributed by atoms with Crippen LogP contribution in [0, 0.1) is 6.92 Å². The van der Waals surface area contributed by atoms with Crippen molar-refractivity contribution in [3.63, 3.8) is 0 Å². The van der Waals surface area contributed by atoms with E-state index in [1.165, 1.54) is 5.56 Å². The second-order valence-corrected chi connectivity index (χ2v) is 5.36. The van der Waals surface area contributed by atoms with E-state index in [0.29, 0.717) is 6.54 Å². The number of nitrogens with one attached hydrogen (secondary N) is 2. The first-order valence-corrected chi connectivity index (χ1v) is 6.98. The Morgan fingerprint density at radius 2 is 2.10 bits per heavy atom. The van der Waals surface area contributed by atoms with Gasteiger partial charge in [-0.05, 0) is 13.0 Å². The van der Waals surface area contributed by atoms with Crippen LogP contribution in [0.1, 0.15) is 17.0 Å². The van der Waals surface area contributed by atoms with Crippen molar-refractivity contribution in [3.8, 4) is 0 Å². The lowest BCUT2D eigenvalue weighted by Gasteiger charge is -2.02. The lowest BCUT2D eigenvalue weighted by molar-refractivity contribution is 0.681. The van der Waals surface area contributed by atoms with Gasteiger partial charge >= 0.3 is 0 Å². The number of rotatable bonds is 4. The number of fused-ring (bicyclic) bond motifs is 1. The van der Waals surface area contributed by atoms with Gasteiger partial charge in [0.25, 0.3) is 0 Å². The van der Waals surface area contributed by atoms with Gasteiger partial charge < -0.3 is 10.3 Å². The SMILES string of the molecule is Cc1nn(C)cc1CNCc1[nH]c2ccccc2c1Cl. The Morgan fingerprint density at radius 3 is 2.80 bits per heavy atom. The number of H-pyrrole nitrogens is 1. The number of aryl methyl sites for hydroxylation is 2. The fraction of sp³-hybridized carbons (Fsp3) is 0.267. The van der Waals surface area contributed by atoms with E-state index in [1.807, 2.05) is 49.1 Å². The maximum Gasteiger partial charge on any atom is 0.0705 e. The number of benzene rings is 1. The maximum atomic E-state index is 6.39. The molecular formula is C15H17ClN4. The molecule has 104 valence electrons. The molecule has 1 aromatic carbocycles. The van der Waals surface area contributed by atoms with Gasteiger partial charge in [-0.15, -0.1) is 0 Å². The molecule has 0 fully saturated rings. The van der Waals surface area contributed by atoms with E-state index >= 15 is 0 Å². The quantitative estimate of drug-likeness (QED) is 0.775. The molecule has 3 rings (SSSR count). The predicted octanol–water partition coefficient (Wildman–Crippen LogP) is 3.15. The molecule has 0 radical (unpaired) electrons. The van der Waals surface area contributed by atoms with Gasteiger partial charge in [0.1, 0.15) is 0 Å². The molecule has 0 aliphatic carbocycles. The summed E-state index contributed by atoms with van der Waals surface area (Å²) in [5, 5.41) is 9.61. The second-order valence-electron chi connectivity index (χ2n) is 4.98. The Bertz CT molecular complexity index is 741. The van der Waals surface area contributed by atoms with Gasteiger partial charge in [-0.3, -0.25) is 4.68 Å². The van der Waals surface area contributed by atoms with Gasteiger partial charge in [-0.1, -0.05) is 29.8 Å². The van der Waals surface area contributed by atoms with Gasteiger partial charge in [0.05, 0.1) is 10.7 Å². The molecule has 20 heavy (non-hydrogen) atoms. The van der Waals surface area contributed by atoms with Crippen LogP contribution in [0.25, 0.3) is 10.9 Å². The summed E-state index contributed by atoms with van der Waals surface area (Å²) >= 11 is 6.39. The molecule has 2 aromatic heterocycles. The minimum atomic E-state index is 0.710. The molecule has 2 heterocycles. The first-order chi connectivity index (χ1) is 9.65. The Kier molecular flexibility index (Phi) is 3.51. The van der Waals surface area contributed by atoms with E-state index in [-0.39, 0.29) is 0 Å². The standard InChI is InChI=1S/C15H17ClN4/c1-10-11(9-20(2)19-10)7-17-8-14-15(16)12-5-3-4-6-13(12)18-14/h3-6,9,17-18H,7-8H2,1-2H3. The van der Waals surface area contributed by atoms with Gasteiger partial charge in [0.15, 0.2) is 0 Å². The highest BCUT2D eigenvalue weighted by Crippen LogP contribution is 2.26. The number of nitrogens with zero attached hydrogens (tertiary/aromatic N) is 2. The summed E-state index contributed by atoms with van der Waals surface area (Å²) in [5.41, 5.74) is 4.36. The van der Waals surface area contributed by atoms with Crippen LogP contribution < -0.4 is 5.32 Å². The Morgan fingerprint density at radius 1 is 1.30 bits per heavy atom. The Balaban J connectivity index is 1.71. The third-order valence-corrected chi connectivity index (χ3v) is 3.88. The third-order valence-electron chi connectivity index (χ3n) is 3.45. The van der Waals surface area contributed by atoms with Crippen LogP contribution in [0.4, 0.5) is 0 Å². The van der Waals surface area contributed by atoms with Gasteiger partial charge in [-0.25, -0.2) is 0 Å². The molecule has 0 aliphatic rings. The first kappa shape index (κ1) is 13.2. The summed E-state index contributed by atoms with van der Waals surface area (Å²) < 4.78 is 1.84. The van der Waals surface area contributed by atoms with Crippen molar-refractivity contribution >= 4 is 22.5 Å². The number of hydrogen-bond acceptors (Lipinski definition) is 2. The van der Waals surface area contributed by atoms with Crippen LogP contribution in [-0.2, 0) is 20.1 Å². The molecule has 5 heteroatoms. The highest BCUT2D eigenvalue weighted by Gasteiger charge is 2.09. The first-order valence-electron chi connectivity index (χ1n) is 6.60. The summed E-state index contributed by atoms with van der Waals surface area (Å²) in [4.78, 5) is 3.35. The number of aromatic amines is 1. The molecule has 3 aromatic rings. The molecule has 0 unspecified atom stereocenters. The smallest absolute Gasteiger partial charge is 0.0705 e. The van der Waals surface area contributed by atoms with Crippen LogP contribution in [0.5, 0.6) is 0 Å². The average Bonchev–Trinajstić information content (AvgIpc) is 2.91. The molecule has 0 spiro atoms. The van der Waals surface area contributed by atoms with Crippen molar-refractivity contribution in [1.29, 1.82) is 0 Å². The molecular weight excluding hydrogens is 272 g/mol. The maximum absolute atomic E-state index is 6.39. The van der Waals surface area contributed by atoms with E-state index in [0.717, 1.165) is 33.9 Å². The summed E-state index contributed by atoms with van der Waals surface area (Å²) in [6, 6.07) is 8.07. The van der Waals surface area contributed by atoms with E-state index < -0.39 is 0 Å². The van der Waals surface area contributed by atoms with E-state index in [4.69, 9.17) is 11.6 Å². The van der Waals surface area contributed by atoms with E-state index in [2.05, 4.69) is 15.4 Å². The number of hydrogen-bond donors (Lipinski definition) is 2. The van der Waals surface area contributed by atoms with Crippen LogP contribution in [-0.4, -0.2) is 14.8 Å². The van der Waals surface area contributed by atoms with Crippen LogP contribution in [0.2, 0.25) is 5.02 Å². The molecule has 0 bridgehead atoms. The molecule has 0 saturated heterocycles. The molecule has 0 atom stereocenters. The second kappa shape index (κ2) is 5.31. The summed E-state index contributed by atoms with van der Waals surface area (Å²) in [6.07, 6.45) is 2.04.